The molecule has 1 amide bonds. The highest BCUT2D eigenvalue weighted by Gasteiger charge is 2.25. The van der Waals surface area contributed by atoms with Gasteiger partial charge in [-0.05, 0) is 31.2 Å². The molecule has 5 nitrogen and oxygen atoms in total. The first-order valence-electron chi connectivity index (χ1n) is 7.62. The van der Waals surface area contributed by atoms with E-state index in [1.807, 2.05) is 6.07 Å². The van der Waals surface area contributed by atoms with E-state index in [2.05, 4.69) is 27.4 Å². The van der Waals surface area contributed by atoms with E-state index in [0.717, 1.165) is 44.6 Å². The summed E-state index contributed by atoms with van der Waals surface area (Å²) in [5, 5.41) is 2.90. The Kier molecular flexibility index (Phi) is 4.20. The molecule has 2 heterocycles. The normalized spacial score (nSPS) is 18.7. The number of nitrogens with zero attached hydrogens (tertiary/aromatic N) is 1. The maximum absolute atomic E-state index is 12.1. The van der Waals surface area contributed by atoms with Crippen LogP contribution in [0.15, 0.2) is 29.1 Å². The lowest BCUT2D eigenvalue weighted by Gasteiger charge is -2.22. The van der Waals surface area contributed by atoms with Crippen molar-refractivity contribution in [3.63, 3.8) is 0 Å². The molecule has 0 radical (unpaired) electrons. The lowest BCUT2D eigenvalue weighted by atomic mass is 10.1. The minimum atomic E-state index is -0.189. The van der Waals surface area contributed by atoms with Crippen molar-refractivity contribution in [2.24, 2.45) is 0 Å². The summed E-state index contributed by atoms with van der Waals surface area (Å²) in [6.45, 7) is 3.45. The largest absolute Gasteiger partial charge is 0.351 e. The van der Waals surface area contributed by atoms with Crippen LogP contribution in [0.1, 0.15) is 41.2 Å². The predicted molar refractivity (Wildman–Crippen MR) is 81.6 cm³/mol. The maximum atomic E-state index is 12.1. The molecule has 0 saturated heterocycles. The molecule has 1 fully saturated rings. The Labute approximate surface area is 124 Å². The van der Waals surface area contributed by atoms with E-state index in [1.165, 1.54) is 6.07 Å². The van der Waals surface area contributed by atoms with Crippen molar-refractivity contribution >= 4 is 5.91 Å². The van der Waals surface area contributed by atoms with Gasteiger partial charge in [-0.25, -0.2) is 0 Å². The van der Waals surface area contributed by atoms with Crippen molar-refractivity contribution < 1.29 is 4.79 Å². The number of hydrogen-bond donors (Lipinski definition) is 2. The summed E-state index contributed by atoms with van der Waals surface area (Å²) in [6.07, 6.45) is 7.62. The topological polar surface area (TPSA) is 65.2 Å². The van der Waals surface area contributed by atoms with Crippen molar-refractivity contribution in [3.8, 4) is 0 Å². The van der Waals surface area contributed by atoms with Crippen LogP contribution >= 0.6 is 0 Å². The Hall–Kier alpha value is -1.88. The van der Waals surface area contributed by atoms with E-state index in [4.69, 9.17) is 0 Å². The van der Waals surface area contributed by atoms with Gasteiger partial charge in [-0.1, -0.05) is 12.2 Å². The Bertz CT molecular complexity index is 602. The van der Waals surface area contributed by atoms with Gasteiger partial charge in [0.2, 0.25) is 5.56 Å². The first-order chi connectivity index (χ1) is 10.2. The van der Waals surface area contributed by atoms with Gasteiger partial charge in [-0.3, -0.25) is 14.5 Å². The SMILES string of the molecule is O=C(NCCN1CC=CCC1)c1cc(C2CC2)[nH]c(=O)c1. The number of pyridine rings is 1. The minimum absolute atomic E-state index is 0.157. The molecule has 1 aliphatic heterocycles. The fourth-order valence-electron chi connectivity index (χ4n) is 2.63. The first-order valence-corrected chi connectivity index (χ1v) is 7.62. The molecule has 1 aliphatic carbocycles. The quantitative estimate of drug-likeness (QED) is 0.801. The van der Waals surface area contributed by atoms with E-state index in [-0.39, 0.29) is 11.5 Å². The third-order valence-electron chi connectivity index (χ3n) is 4.00. The molecule has 112 valence electrons. The van der Waals surface area contributed by atoms with Crippen LogP contribution in [-0.2, 0) is 0 Å². The smallest absolute Gasteiger partial charge is 0.251 e. The van der Waals surface area contributed by atoms with Gasteiger partial charge >= 0.3 is 0 Å². The summed E-state index contributed by atoms with van der Waals surface area (Å²) >= 11 is 0. The van der Waals surface area contributed by atoms with Crippen LogP contribution in [0.5, 0.6) is 0 Å². The third-order valence-corrected chi connectivity index (χ3v) is 4.00. The van der Waals surface area contributed by atoms with Crippen molar-refractivity contribution in [2.45, 2.75) is 25.2 Å². The van der Waals surface area contributed by atoms with Gasteiger partial charge < -0.3 is 10.3 Å². The molecule has 0 unspecified atom stereocenters. The summed E-state index contributed by atoms with van der Waals surface area (Å²) in [5.74, 6) is 0.279. The summed E-state index contributed by atoms with van der Waals surface area (Å²) < 4.78 is 0. The number of aromatic nitrogens is 1. The number of amides is 1. The van der Waals surface area contributed by atoms with Crippen molar-refractivity contribution in [3.05, 3.63) is 45.9 Å². The second-order valence-electron chi connectivity index (χ2n) is 5.78. The number of aromatic amines is 1. The molecule has 5 heteroatoms. The zero-order valence-corrected chi connectivity index (χ0v) is 12.1. The molecule has 1 saturated carbocycles. The van der Waals surface area contributed by atoms with Crippen LogP contribution in [0.3, 0.4) is 0 Å². The second kappa shape index (κ2) is 6.26. The van der Waals surface area contributed by atoms with E-state index in [1.54, 1.807) is 0 Å². The molecule has 21 heavy (non-hydrogen) atoms. The molecule has 0 atom stereocenters. The Morgan fingerprint density at radius 2 is 2.19 bits per heavy atom. The monoisotopic (exact) mass is 287 g/mol. The first kappa shape index (κ1) is 14.1. The van der Waals surface area contributed by atoms with Crippen molar-refractivity contribution in [1.82, 2.24) is 15.2 Å². The van der Waals surface area contributed by atoms with Crippen LogP contribution in [0.4, 0.5) is 0 Å². The summed E-state index contributed by atoms with van der Waals surface area (Å²) in [6, 6.07) is 3.20. The minimum Gasteiger partial charge on any atom is -0.351 e. The molecule has 1 aromatic heterocycles. The van der Waals surface area contributed by atoms with Crippen molar-refractivity contribution in [1.29, 1.82) is 0 Å². The molecule has 2 N–H and O–H groups in total. The summed E-state index contributed by atoms with van der Waals surface area (Å²) in [4.78, 5) is 28.9. The van der Waals surface area contributed by atoms with Crippen LogP contribution in [0, 0.1) is 0 Å². The summed E-state index contributed by atoms with van der Waals surface area (Å²) in [5.41, 5.74) is 1.18. The number of H-pyrrole nitrogens is 1. The Balaban J connectivity index is 1.55. The number of carbonyl (C=O) groups excluding carboxylic acids is 1. The zero-order chi connectivity index (χ0) is 14.7. The zero-order valence-electron chi connectivity index (χ0n) is 12.1. The Morgan fingerprint density at radius 1 is 1.33 bits per heavy atom. The predicted octanol–water partition coefficient (Wildman–Crippen LogP) is 1.24. The average Bonchev–Trinajstić information content (AvgIpc) is 3.32. The Morgan fingerprint density at radius 3 is 2.90 bits per heavy atom. The second-order valence-corrected chi connectivity index (χ2v) is 5.78. The number of carbonyl (C=O) groups is 1. The van der Waals surface area contributed by atoms with E-state index in [0.29, 0.717) is 18.0 Å². The number of nitrogens with one attached hydrogen (secondary N) is 2. The molecule has 0 bridgehead atoms. The molecule has 2 aliphatic rings. The molecule has 1 aromatic rings. The van der Waals surface area contributed by atoms with Gasteiger partial charge in [0.05, 0.1) is 0 Å². The lowest BCUT2D eigenvalue weighted by Crippen LogP contribution is -2.36. The van der Waals surface area contributed by atoms with E-state index >= 15 is 0 Å². The third kappa shape index (κ3) is 3.82. The molecular weight excluding hydrogens is 266 g/mol. The fourth-order valence-corrected chi connectivity index (χ4v) is 2.63. The van der Waals surface area contributed by atoms with Crippen LogP contribution in [-0.4, -0.2) is 42.0 Å². The highest BCUT2D eigenvalue weighted by atomic mass is 16.2. The van der Waals surface area contributed by atoms with Crippen molar-refractivity contribution in [2.75, 3.05) is 26.2 Å². The van der Waals surface area contributed by atoms with Crippen LogP contribution < -0.4 is 10.9 Å². The van der Waals surface area contributed by atoms with Crippen LogP contribution in [0.25, 0.3) is 0 Å². The molecule has 0 aromatic carbocycles. The van der Waals surface area contributed by atoms with E-state index < -0.39 is 0 Å². The highest BCUT2D eigenvalue weighted by Crippen LogP contribution is 2.38. The fraction of sp³-hybridized carbons (Fsp3) is 0.500. The maximum Gasteiger partial charge on any atom is 0.251 e. The van der Waals surface area contributed by atoms with Gasteiger partial charge in [-0.2, -0.15) is 0 Å². The average molecular weight is 287 g/mol. The molecule has 3 rings (SSSR count). The molecular formula is C16H21N3O2. The van der Waals surface area contributed by atoms with Gasteiger partial charge in [0.25, 0.3) is 5.91 Å². The highest BCUT2D eigenvalue weighted by molar-refractivity contribution is 5.94. The van der Waals surface area contributed by atoms with Gasteiger partial charge in [0.1, 0.15) is 0 Å². The van der Waals surface area contributed by atoms with E-state index in [9.17, 15) is 9.59 Å². The molecule has 0 spiro atoms. The summed E-state index contributed by atoms with van der Waals surface area (Å²) in [7, 11) is 0. The van der Waals surface area contributed by atoms with Crippen LogP contribution in [0.2, 0.25) is 0 Å². The number of rotatable bonds is 5. The standard InChI is InChI=1S/C16H21N3O2/c20-15-11-13(10-14(18-15)12-4-5-12)16(21)17-6-9-19-7-2-1-3-8-19/h1-2,10-12H,3-9H2,(H,17,21)(H,18,20). The lowest BCUT2D eigenvalue weighted by molar-refractivity contribution is 0.0948. The number of hydrogen-bond acceptors (Lipinski definition) is 3. The van der Waals surface area contributed by atoms with Gasteiger partial charge in [0, 0.05) is 43.5 Å². The van der Waals surface area contributed by atoms with Gasteiger partial charge in [-0.15, -0.1) is 0 Å². The van der Waals surface area contributed by atoms with Gasteiger partial charge in [0.15, 0.2) is 0 Å².